The molecule has 0 atom stereocenters. The molecule has 3 heterocycles. The van der Waals surface area contributed by atoms with Gasteiger partial charge < -0.3 is 14.4 Å². The fourth-order valence-corrected chi connectivity index (χ4v) is 8.21. The molecule has 0 saturated carbocycles. The van der Waals surface area contributed by atoms with Crippen molar-refractivity contribution in [3.8, 4) is 33.6 Å². The third-order valence-corrected chi connectivity index (χ3v) is 11.1. The Balaban J connectivity index is 0.000000236. The molecule has 5 heteroatoms. The van der Waals surface area contributed by atoms with Crippen molar-refractivity contribution in [1.82, 2.24) is 9.97 Å². The second kappa shape index (κ2) is 16.1. The normalized spacial score (nSPS) is 13.0. The van der Waals surface area contributed by atoms with Crippen LogP contribution in [0.25, 0.3) is 55.6 Å². The van der Waals surface area contributed by atoms with Crippen molar-refractivity contribution in [3.05, 3.63) is 138 Å². The molecule has 275 valence electrons. The summed E-state index contributed by atoms with van der Waals surface area (Å²) in [5, 5.41) is 3.50. The predicted octanol–water partition coefficient (Wildman–Crippen LogP) is 12.7. The number of aryl methyl sites for hydroxylation is 1. The Kier molecular flexibility index (Phi) is 10.9. The van der Waals surface area contributed by atoms with E-state index in [4.69, 9.17) is 13.5 Å². The molecule has 4 aromatic carbocycles. The Morgan fingerprint density at radius 1 is 0.660 bits per heavy atom. The molecule has 0 aliphatic rings. The number of hydrogen-bond donors (Lipinski definition) is 0. The minimum Gasteiger partial charge on any atom is -0.500 e. The van der Waals surface area contributed by atoms with Crippen LogP contribution in [0.1, 0.15) is 62.3 Å². The Morgan fingerprint density at radius 2 is 1.30 bits per heavy atom. The van der Waals surface area contributed by atoms with Crippen LogP contribution in [0.15, 0.2) is 114 Å². The average Bonchev–Trinajstić information content (AvgIpc) is 3.47. The van der Waals surface area contributed by atoms with Gasteiger partial charge in [-0.15, -0.1) is 59.7 Å². The molecule has 3 nitrogen and oxygen atoms in total. The minimum absolute atomic E-state index is 0. The van der Waals surface area contributed by atoms with E-state index < -0.39 is 14.9 Å². The zero-order chi connectivity index (χ0) is 39.8. The van der Waals surface area contributed by atoms with E-state index in [-0.39, 0.29) is 30.9 Å². The third-order valence-electron chi connectivity index (χ3n) is 9.00. The quantitative estimate of drug-likeness (QED) is 0.123. The maximum absolute atomic E-state index is 7.94. The van der Waals surface area contributed by atoms with Gasteiger partial charge in [-0.05, 0) is 75.9 Å². The van der Waals surface area contributed by atoms with Gasteiger partial charge >= 0.3 is 0 Å². The summed E-state index contributed by atoms with van der Waals surface area (Å²) in [5.74, 6) is 0. The summed E-state index contributed by atoms with van der Waals surface area (Å²) in [4.78, 5) is 9.23. The van der Waals surface area contributed by atoms with Crippen LogP contribution >= 0.6 is 0 Å². The van der Waals surface area contributed by atoms with Crippen LogP contribution in [-0.4, -0.2) is 18.0 Å². The van der Waals surface area contributed by atoms with E-state index in [1.165, 1.54) is 16.9 Å². The minimum atomic E-state index is -2.20. The fourth-order valence-electron chi connectivity index (χ4n) is 6.63. The van der Waals surface area contributed by atoms with E-state index in [0.29, 0.717) is 17.7 Å². The number of furan rings is 1. The van der Waals surface area contributed by atoms with Crippen molar-refractivity contribution in [2.24, 2.45) is 10.8 Å². The van der Waals surface area contributed by atoms with Crippen LogP contribution in [0.5, 0.6) is 0 Å². The molecule has 0 N–H and O–H groups in total. The van der Waals surface area contributed by atoms with Gasteiger partial charge in [-0.2, -0.15) is 0 Å². The van der Waals surface area contributed by atoms with Crippen molar-refractivity contribution < 1.29 is 28.6 Å². The van der Waals surface area contributed by atoms with Gasteiger partial charge in [0.1, 0.15) is 5.58 Å². The number of hydrogen-bond acceptors (Lipinski definition) is 3. The molecule has 0 aliphatic heterocycles. The molecule has 3 aromatic heterocycles. The molecule has 53 heavy (non-hydrogen) atoms. The smallest absolute Gasteiger partial charge is 0.121 e. The second-order valence-electron chi connectivity index (χ2n) is 17.3. The number of pyridine rings is 2. The maximum Gasteiger partial charge on any atom is 0.121 e. The SMILES string of the molecule is CC(C)(C)Cc1cc(-c2[c-]cccc2)ncc1[Si](C)(C)C.[2H]C([2H])([2H])c1cnc(-c2[c-]cc3oc4ccc(-c5ccccc5)cc4c3c2)cc1CC(C)(C)C.[Ir]. The molecule has 0 fully saturated rings. The Labute approximate surface area is 335 Å². The van der Waals surface area contributed by atoms with Crippen molar-refractivity contribution in [2.45, 2.75) is 80.9 Å². The summed E-state index contributed by atoms with van der Waals surface area (Å²) in [6, 6.07) is 39.2. The predicted molar refractivity (Wildman–Crippen MR) is 224 cm³/mol. The molecule has 7 aromatic rings. The topological polar surface area (TPSA) is 38.9 Å². The summed E-state index contributed by atoms with van der Waals surface area (Å²) in [7, 11) is -1.37. The number of aromatic nitrogens is 2. The van der Waals surface area contributed by atoms with Gasteiger partial charge in [-0.25, -0.2) is 0 Å². The Bertz CT molecular complexity index is 2420. The van der Waals surface area contributed by atoms with Crippen LogP contribution in [0.3, 0.4) is 0 Å². The van der Waals surface area contributed by atoms with Gasteiger partial charge in [0.2, 0.25) is 0 Å². The third kappa shape index (κ3) is 10.1. The van der Waals surface area contributed by atoms with Crippen molar-refractivity contribution in [2.75, 3.05) is 0 Å². The van der Waals surface area contributed by atoms with Crippen LogP contribution < -0.4 is 5.19 Å². The van der Waals surface area contributed by atoms with E-state index >= 15 is 0 Å². The molecule has 0 bridgehead atoms. The van der Waals surface area contributed by atoms with E-state index in [0.717, 1.165) is 61.9 Å². The van der Waals surface area contributed by atoms with Crippen LogP contribution in [0, 0.1) is 29.8 Å². The van der Waals surface area contributed by atoms with Crippen molar-refractivity contribution >= 4 is 35.2 Å². The molecule has 0 spiro atoms. The van der Waals surface area contributed by atoms with Crippen LogP contribution in [0.2, 0.25) is 19.6 Å². The second-order valence-corrected chi connectivity index (χ2v) is 22.3. The fraction of sp³-hybridized carbons (Fsp3) is 0.292. The van der Waals surface area contributed by atoms with Gasteiger partial charge in [0.15, 0.2) is 0 Å². The van der Waals surface area contributed by atoms with E-state index in [1.807, 2.05) is 60.7 Å². The Hall–Kier alpha value is -4.15. The van der Waals surface area contributed by atoms with Crippen molar-refractivity contribution in [1.29, 1.82) is 0 Å². The summed E-state index contributed by atoms with van der Waals surface area (Å²) >= 11 is 0. The Morgan fingerprint density at radius 3 is 1.96 bits per heavy atom. The first-order valence-corrected chi connectivity index (χ1v) is 21.6. The molecular formula is C48H52IrN2OSi-2. The monoisotopic (exact) mass is 896 g/mol. The first kappa shape index (κ1) is 35.9. The largest absolute Gasteiger partial charge is 0.500 e. The van der Waals surface area contributed by atoms with Crippen LogP contribution in [0.4, 0.5) is 0 Å². The number of rotatable bonds is 6. The first-order valence-electron chi connectivity index (χ1n) is 19.6. The number of nitrogens with zero attached hydrogens (tertiary/aromatic N) is 2. The first-order chi connectivity index (χ1) is 25.7. The molecule has 7 rings (SSSR count). The summed E-state index contributed by atoms with van der Waals surface area (Å²) in [6.07, 6.45) is 5.36. The van der Waals surface area contributed by atoms with E-state index in [1.54, 1.807) is 0 Å². The summed E-state index contributed by atoms with van der Waals surface area (Å²) in [6.45, 7) is 18.2. The molecule has 1 radical (unpaired) electrons. The zero-order valence-electron chi connectivity index (χ0n) is 35.4. The van der Waals surface area contributed by atoms with Crippen LogP contribution in [-0.2, 0) is 32.9 Å². The maximum atomic E-state index is 7.94. The van der Waals surface area contributed by atoms with Gasteiger partial charge in [-0.1, -0.05) is 126 Å². The number of benzene rings is 4. The summed E-state index contributed by atoms with van der Waals surface area (Å²) in [5.41, 5.74) is 10.3. The molecule has 0 aliphatic carbocycles. The van der Waals surface area contributed by atoms with Gasteiger partial charge in [0, 0.05) is 42.0 Å². The molecular weight excluding hydrogens is 841 g/mol. The standard InChI is InChI=1S/C29H26NO.C19H26NSi.Ir/c1-19-18-30-26(16-23(19)17-29(2,3)4)22-11-13-28-25(15-22)24-14-21(10-12-27(24)31-28)20-8-6-5-7-9-20;1-19(2,3)13-16-12-17(15-10-8-7-9-11-15)20-14-18(16)21(4,5)6;/h5-10,12-16,18H,17H2,1-4H3;7-10,12,14H,13H2,1-6H3;/q2*-1;/i1D3;;. The van der Waals surface area contributed by atoms with E-state index in [9.17, 15) is 0 Å². The van der Waals surface area contributed by atoms with Gasteiger partial charge in [0.25, 0.3) is 0 Å². The average molecular weight is 896 g/mol. The molecule has 0 amide bonds. The molecule has 0 unspecified atom stereocenters. The van der Waals surface area contributed by atoms with Gasteiger partial charge in [-0.3, -0.25) is 0 Å². The van der Waals surface area contributed by atoms with E-state index in [2.05, 4.69) is 121 Å². The molecule has 0 saturated heterocycles. The summed E-state index contributed by atoms with van der Waals surface area (Å²) < 4.78 is 29.9. The number of fused-ring (bicyclic) bond motifs is 3. The zero-order valence-corrected chi connectivity index (χ0v) is 35.8. The van der Waals surface area contributed by atoms with Crippen molar-refractivity contribution in [3.63, 3.8) is 0 Å². The van der Waals surface area contributed by atoms with Gasteiger partial charge in [0.05, 0.1) is 13.7 Å².